The van der Waals surface area contributed by atoms with E-state index in [-0.39, 0.29) is 25.0 Å². The molecular weight excluding hydrogens is 452 g/mol. The number of aryl methyl sites for hydroxylation is 2. The molecule has 1 unspecified atom stereocenters. The van der Waals surface area contributed by atoms with Crippen molar-refractivity contribution in [2.75, 3.05) is 24.7 Å². The molecule has 5 rings (SSSR count). The zero-order chi connectivity index (χ0) is 24.4. The highest BCUT2D eigenvalue weighted by Gasteiger charge is 2.74. The number of ether oxygens (including phenoxy) is 1. The summed E-state index contributed by atoms with van der Waals surface area (Å²) in [5.74, 6) is -2.35. The summed E-state index contributed by atoms with van der Waals surface area (Å²) in [5.41, 5.74) is 2.81. The monoisotopic (exact) mass is 482 g/mol. The normalized spacial score (nSPS) is 35.4. The van der Waals surface area contributed by atoms with Crippen LogP contribution in [0.25, 0.3) is 0 Å². The van der Waals surface area contributed by atoms with E-state index in [1.807, 2.05) is 63.3 Å². The molecule has 6 atom stereocenters. The molecule has 0 bridgehead atoms. The molecule has 4 heterocycles. The Morgan fingerprint density at radius 3 is 2.65 bits per heavy atom. The fraction of sp³-hybridized carbons (Fsp3) is 0.500. The Morgan fingerprint density at radius 1 is 1.15 bits per heavy atom. The fourth-order valence-corrected chi connectivity index (χ4v) is 8.22. The summed E-state index contributed by atoms with van der Waals surface area (Å²) in [6, 6.07) is 4.57. The first-order chi connectivity index (χ1) is 16.1. The number of esters is 1. The molecule has 2 amide bonds. The summed E-state index contributed by atoms with van der Waals surface area (Å²) in [6.45, 7) is 7.91. The number of anilines is 1. The first-order valence-corrected chi connectivity index (χ1v) is 12.5. The SMILES string of the molecule is Cc1ccc(C)c(N2CC=C[C@]34S[C@@]5(C)C=CCOC(=O)[C@H]5[C@H]3C(=O)N([C@H](C)CO)C4C2=O)c1. The minimum atomic E-state index is -0.940. The number of aliphatic hydroxyl groups is 1. The molecular formula is C26H30N2O5S. The van der Waals surface area contributed by atoms with Crippen LogP contribution in [0.4, 0.5) is 5.69 Å². The number of benzene rings is 1. The van der Waals surface area contributed by atoms with E-state index in [9.17, 15) is 19.5 Å². The van der Waals surface area contributed by atoms with Gasteiger partial charge in [-0.25, -0.2) is 0 Å². The number of amides is 2. The summed E-state index contributed by atoms with van der Waals surface area (Å²) < 4.78 is 3.81. The minimum Gasteiger partial charge on any atom is -0.461 e. The van der Waals surface area contributed by atoms with Gasteiger partial charge in [0.05, 0.1) is 29.2 Å². The van der Waals surface area contributed by atoms with E-state index in [1.165, 1.54) is 16.7 Å². The predicted octanol–water partition coefficient (Wildman–Crippen LogP) is 2.39. The Morgan fingerprint density at radius 2 is 1.91 bits per heavy atom. The second-order valence-electron chi connectivity index (χ2n) is 9.95. The number of rotatable bonds is 3. The summed E-state index contributed by atoms with van der Waals surface area (Å²) in [6.07, 6.45) is 7.69. The lowest BCUT2D eigenvalue weighted by Gasteiger charge is -2.39. The van der Waals surface area contributed by atoms with Crippen molar-refractivity contribution in [1.82, 2.24) is 4.90 Å². The zero-order valence-corrected chi connectivity index (χ0v) is 20.7. The van der Waals surface area contributed by atoms with Crippen LogP contribution in [0.1, 0.15) is 25.0 Å². The van der Waals surface area contributed by atoms with E-state index in [4.69, 9.17) is 4.74 Å². The Labute approximate surface area is 203 Å². The van der Waals surface area contributed by atoms with Crippen LogP contribution in [-0.4, -0.2) is 69.1 Å². The molecule has 0 saturated carbocycles. The van der Waals surface area contributed by atoms with Crippen molar-refractivity contribution in [2.24, 2.45) is 11.8 Å². The lowest BCUT2D eigenvalue weighted by molar-refractivity contribution is -0.153. The van der Waals surface area contributed by atoms with Crippen molar-refractivity contribution in [3.63, 3.8) is 0 Å². The molecule has 0 aromatic heterocycles. The van der Waals surface area contributed by atoms with Crippen LogP contribution in [0.15, 0.2) is 42.5 Å². The molecule has 1 aromatic rings. The van der Waals surface area contributed by atoms with Gasteiger partial charge in [0, 0.05) is 17.0 Å². The number of hydrogen-bond acceptors (Lipinski definition) is 6. The second-order valence-corrected chi connectivity index (χ2v) is 11.7. The maximum atomic E-state index is 14.3. The number of carbonyl (C=O) groups is 3. The standard InChI is InChI=1S/C26H30N2O5S/c1-15-7-8-16(2)18(13-15)27-11-5-10-26-19(20-24(32)33-12-6-9-25(20,4)34-26)22(30)28(17(3)14-29)21(26)23(27)31/h5-10,13,17,19-21,29H,11-12,14H2,1-4H3/t17-,19+,20-,21?,25+,26+/m1/s1. The van der Waals surface area contributed by atoms with Gasteiger partial charge >= 0.3 is 5.97 Å². The third-order valence-corrected chi connectivity index (χ3v) is 9.44. The van der Waals surface area contributed by atoms with E-state index in [2.05, 4.69) is 0 Å². The maximum Gasteiger partial charge on any atom is 0.311 e. The van der Waals surface area contributed by atoms with Gasteiger partial charge in [-0.15, -0.1) is 11.8 Å². The lowest BCUT2D eigenvalue weighted by atomic mass is 9.75. The highest BCUT2D eigenvalue weighted by Crippen LogP contribution is 2.65. The van der Waals surface area contributed by atoms with Crippen LogP contribution in [-0.2, 0) is 19.1 Å². The van der Waals surface area contributed by atoms with Crippen molar-refractivity contribution >= 4 is 35.2 Å². The molecule has 1 spiro atoms. The van der Waals surface area contributed by atoms with Gasteiger partial charge in [-0.3, -0.25) is 14.4 Å². The Bertz CT molecular complexity index is 1130. The minimum absolute atomic E-state index is 0.175. The van der Waals surface area contributed by atoms with Crippen molar-refractivity contribution < 1.29 is 24.2 Å². The van der Waals surface area contributed by atoms with Crippen LogP contribution in [0.2, 0.25) is 0 Å². The first-order valence-electron chi connectivity index (χ1n) is 11.7. The molecule has 8 heteroatoms. The van der Waals surface area contributed by atoms with Gasteiger partial charge in [0.15, 0.2) is 0 Å². The third kappa shape index (κ3) is 3.11. The van der Waals surface area contributed by atoms with Crippen LogP contribution in [0.3, 0.4) is 0 Å². The number of carbonyl (C=O) groups excluding carboxylic acids is 3. The van der Waals surface area contributed by atoms with Gasteiger partial charge in [-0.05, 0) is 51.0 Å². The van der Waals surface area contributed by atoms with Gasteiger partial charge in [0.1, 0.15) is 12.6 Å². The fourth-order valence-electron chi connectivity index (χ4n) is 6.08. The molecule has 2 fully saturated rings. The van der Waals surface area contributed by atoms with Crippen molar-refractivity contribution in [1.29, 1.82) is 0 Å². The average Bonchev–Trinajstić information content (AvgIpc) is 3.06. The topological polar surface area (TPSA) is 87.2 Å². The molecule has 4 aliphatic rings. The zero-order valence-electron chi connectivity index (χ0n) is 19.9. The summed E-state index contributed by atoms with van der Waals surface area (Å²) in [4.78, 5) is 44.7. The number of likely N-dealkylation sites (tertiary alicyclic amines) is 1. The van der Waals surface area contributed by atoms with Gasteiger partial charge in [0.25, 0.3) is 5.91 Å². The average molecular weight is 483 g/mol. The molecule has 7 nitrogen and oxygen atoms in total. The molecule has 180 valence electrons. The third-order valence-electron chi connectivity index (χ3n) is 7.65. The Hall–Kier alpha value is -2.58. The second kappa shape index (κ2) is 7.99. The highest BCUT2D eigenvalue weighted by atomic mass is 32.2. The lowest BCUT2D eigenvalue weighted by Crippen LogP contribution is -2.56. The molecule has 0 radical (unpaired) electrons. The van der Waals surface area contributed by atoms with Crippen molar-refractivity contribution in [3.8, 4) is 0 Å². The molecule has 2 saturated heterocycles. The van der Waals surface area contributed by atoms with Gasteiger partial charge in [-0.1, -0.05) is 30.4 Å². The number of thioether (sulfide) groups is 1. The number of cyclic esters (lactones) is 1. The summed E-state index contributed by atoms with van der Waals surface area (Å²) >= 11 is 1.51. The van der Waals surface area contributed by atoms with Crippen LogP contribution >= 0.6 is 11.8 Å². The van der Waals surface area contributed by atoms with E-state index >= 15 is 0 Å². The van der Waals surface area contributed by atoms with Crippen LogP contribution in [0, 0.1) is 25.7 Å². The van der Waals surface area contributed by atoms with E-state index in [0.29, 0.717) is 6.54 Å². The molecule has 1 aromatic carbocycles. The number of hydrogen-bond donors (Lipinski definition) is 1. The Balaban J connectivity index is 1.69. The maximum absolute atomic E-state index is 14.3. The van der Waals surface area contributed by atoms with Gasteiger partial charge in [0.2, 0.25) is 5.91 Å². The molecule has 34 heavy (non-hydrogen) atoms. The van der Waals surface area contributed by atoms with Crippen LogP contribution in [0.5, 0.6) is 0 Å². The highest BCUT2D eigenvalue weighted by molar-refractivity contribution is 8.02. The summed E-state index contributed by atoms with van der Waals surface area (Å²) in [7, 11) is 0. The Kier molecular flexibility index (Phi) is 5.44. The van der Waals surface area contributed by atoms with E-state index in [0.717, 1.165) is 16.8 Å². The van der Waals surface area contributed by atoms with Crippen molar-refractivity contribution in [2.45, 2.75) is 49.3 Å². The van der Waals surface area contributed by atoms with Crippen molar-refractivity contribution in [3.05, 3.63) is 53.6 Å². The van der Waals surface area contributed by atoms with Gasteiger partial charge < -0.3 is 19.6 Å². The van der Waals surface area contributed by atoms with E-state index < -0.39 is 39.4 Å². The largest absolute Gasteiger partial charge is 0.461 e. The number of aliphatic hydroxyl groups excluding tert-OH is 1. The molecule has 0 aliphatic carbocycles. The molecule has 1 N–H and O–H groups in total. The smallest absolute Gasteiger partial charge is 0.311 e. The quantitative estimate of drug-likeness (QED) is 0.526. The van der Waals surface area contributed by atoms with E-state index in [1.54, 1.807) is 11.8 Å². The number of fused-ring (bicyclic) bond motifs is 2. The molecule has 4 aliphatic heterocycles. The first kappa shape index (κ1) is 23.2. The summed E-state index contributed by atoms with van der Waals surface area (Å²) in [5, 5.41) is 10.0. The number of nitrogens with zero attached hydrogens (tertiary/aromatic N) is 2. The predicted molar refractivity (Wildman–Crippen MR) is 130 cm³/mol. The van der Waals surface area contributed by atoms with Crippen LogP contribution < -0.4 is 4.90 Å². The van der Waals surface area contributed by atoms with Gasteiger partial charge in [-0.2, -0.15) is 0 Å².